The number of tetrazole rings is 1. The van der Waals surface area contributed by atoms with Gasteiger partial charge >= 0.3 is 0 Å². The lowest BCUT2D eigenvalue weighted by molar-refractivity contribution is 0.328. The van der Waals surface area contributed by atoms with E-state index >= 15 is 0 Å². The Morgan fingerprint density at radius 1 is 1.14 bits per heavy atom. The molecular formula is C15H17N7. The molecule has 0 saturated carbocycles. The molecule has 1 atom stereocenters. The molecule has 1 aliphatic rings. The van der Waals surface area contributed by atoms with Gasteiger partial charge < -0.3 is 5.32 Å². The molecule has 7 heteroatoms. The standard InChI is InChI=1S/C15H17N7/c1-2-4-12(5-3-1)10-21-9-8-13(11-21)16-14-6-7-15-17-19-20-22(15)18-14/h1-7,13H,8-11H2,(H,16,18)/t13-/m1/s1. The maximum atomic E-state index is 4.36. The molecule has 22 heavy (non-hydrogen) atoms. The van der Waals surface area contributed by atoms with Gasteiger partial charge in [0.1, 0.15) is 5.82 Å². The lowest BCUT2D eigenvalue weighted by atomic mass is 10.2. The van der Waals surface area contributed by atoms with E-state index in [1.165, 1.54) is 10.2 Å². The molecule has 0 spiro atoms. The molecule has 1 aliphatic heterocycles. The van der Waals surface area contributed by atoms with E-state index < -0.39 is 0 Å². The van der Waals surface area contributed by atoms with Gasteiger partial charge in [-0.1, -0.05) is 30.3 Å². The van der Waals surface area contributed by atoms with Gasteiger partial charge in [-0.05, 0) is 34.5 Å². The smallest absolute Gasteiger partial charge is 0.200 e. The monoisotopic (exact) mass is 295 g/mol. The summed E-state index contributed by atoms with van der Waals surface area (Å²) in [7, 11) is 0. The highest BCUT2D eigenvalue weighted by atomic mass is 15.6. The molecule has 7 nitrogen and oxygen atoms in total. The maximum Gasteiger partial charge on any atom is 0.200 e. The highest BCUT2D eigenvalue weighted by Gasteiger charge is 2.22. The summed E-state index contributed by atoms with van der Waals surface area (Å²) in [5.41, 5.74) is 2.01. The van der Waals surface area contributed by atoms with Gasteiger partial charge in [0.15, 0.2) is 5.65 Å². The van der Waals surface area contributed by atoms with Crippen molar-refractivity contribution in [3.05, 3.63) is 48.0 Å². The van der Waals surface area contributed by atoms with Crippen molar-refractivity contribution in [1.29, 1.82) is 0 Å². The zero-order chi connectivity index (χ0) is 14.8. The highest BCUT2D eigenvalue weighted by molar-refractivity contribution is 5.42. The molecule has 0 amide bonds. The molecule has 0 aliphatic carbocycles. The van der Waals surface area contributed by atoms with Gasteiger partial charge in [0.2, 0.25) is 0 Å². The fraction of sp³-hybridized carbons (Fsp3) is 0.333. The summed E-state index contributed by atoms with van der Waals surface area (Å²) >= 11 is 0. The predicted molar refractivity (Wildman–Crippen MR) is 82.3 cm³/mol. The molecule has 2 aromatic heterocycles. The van der Waals surface area contributed by atoms with Crippen molar-refractivity contribution in [2.24, 2.45) is 0 Å². The Hall–Kier alpha value is -2.54. The van der Waals surface area contributed by atoms with E-state index in [-0.39, 0.29) is 0 Å². The zero-order valence-corrected chi connectivity index (χ0v) is 12.1. The fourth-order valence-corrected chi connectivity index (χ4v) is 2.87. The normalized spacial score (nSPS) is 18.8. The summed E-state index contributed by atoms with van der Waals surface area (Å²) in [5, 5.41) is 19.1. The van der Waals surface area contributed by atoms with E-state index in [2.05, 4.69) is 61.2 Å². The fourth-order valence-electron chi connectivity index (χ4n) is 2.87. The van der Waals surface area contributed by atoms with Gasteiger partial charge in [0.05, 0.1) is 0 Å². The Morgan fingerprint density at radius 2 is 2.05 bits per heavy atom. The Kier molecular flexibility index (Phi) is 3.40. The molecule has 4 rings (SSSR count). The number of benzene rings is 1. The van der Waals surface area contributed by atoms with Crippen LogP contribution in [0.3, 0.4) is 0 Å². The van der Waals surface area contributed by atoms with Gasteiger partial charge in [-0.2, -0.15) is 0 Å². The number of anilines is 1. The second-order valence-corrected chi connectivity index (χ2v) is 5.60. The van der Waals surface area contributed by atoms with Crippen LogP contribution >= 0.6 is 0 Å². The minimum Gasteiger partial charge on any atom is -0.365 e. The van der Waals surface area contributed by atoms with Crippen LogP contribution < -0.4 is 5.32 Å². The van der Waals surface area contributed by atoms with Crippen molar-refractivity contribution in [3.8, 4) is 0 Å². The first-order valence-corrected chi connectivity index (χ1v) is 7.45. The number of nitrogens with zero attached hydrogens (tertiary/aromatic N) is 6. The number of hydrogen-bond donors (Lipinski definition) is 1. The molecule has 1 aromatic carbocycles. The Morgan fingerprint density at radius 3 is 2.95 bits per heavy atom. The van der Waals surface area contributed by atoms with Gasteiger partial charge in [-0.3, -0.25) is 4.90 Å². The van der Waals surface area contributed by atoms with Crippen molar-refractivity contribution in [1.82, 2.24) is 30.2 Å². The second-order valence-electron chi connectivity index (χ2n) is 5.60. The number of hydrogen-bond acceptors (Lipinski definition) is 6. The summed E-state index contributed by atoms with van der Waals surface area (Å²) in [6, 6.07) is 14.8. The van der Waals surface area contributed by atoms with E-state index in [1.54, 1.807) is 0 Å². The number of nitrogens with one attached hydrogen (secondary N) is 1. The van der Waals surface area contributed by atoms with Crippen LogP contribution in [0.5, 0.6) is 0 Å². The molecule has 0 unspecified atom stereocenters. The molecule has 1 fully saturated rings. The number of likely N-dealkylation sites (tertiary alicyclic amines) is 1. The van der Waals surface area contributed by atoms with E-state index in [0.717, 1.165) is 31.9 Å². The SMILES string of the molecule is c1ccc(CN2CC[C@@H](Nc3ccc4nnnn4n3)C2)cc1. The van der Waals surface area contributed by atoms with Crippen LogP contribution in [0, 0.1) is 0 Å². The molecule has 0 bridgehead atoms. The van der Waals surface area contributed by atoms with E-state index in [9.17, 15) is 0 Å². The topological polar surface area (TPSA) is 71.2 Å². The zero-order valence-electron chi connectivity index (χ0n) is 12.1. The summed E-state index contributed by atoms with van der Waals surface area (Å²) in [6.07, 6.45) is 1.11. The van der Waals surface area contributed by atoms with Gasteiger partial charge in [0.25, 0.3) is 0 Å². The van der Waals surface area contributed by atoms with Crippen molar-refractivity contribution in [2.75, 3.05) is 18.4 Å². The summed E-state index contributed by atoms with van der Waals surface area (Å²) < 4.78 is 1.44. The average molecular weight is 295 g/mol. The van der Waals surface area contributed by atoms with Crippen LogP contribution in [0.2, 0.25) is 0 Å². The van der Waals surface area contributed by atoms with E-state index in [4.69, 9.17) is 0 Å². The van der Waals surface area contributed by atoms with Crippen molar-refractivity contribution < 1.29 is 0 Å². The van der Waals surface area contributed by atoms with Crippen LogP contribution in [0.4, 0.5) is 5.82 Å². The maximum absolute atomic E-state index is 4.36. The molecule has 112 valence electrons. The third-order valence-corrected chi connectivity index (χ3v) is 3.94. The largest absolute Gasteiger partial charge is 0.365 e. The summed E-state index contributed by atoms with van der Waals surface area (Å²) in [4.78, 5) is 2.46. The second kappa shape index (κ2) is 5.69. The van der Waals surface area contributed by atoms with Crippen LogP contribution in [-0.4, -0.2) is 49.3 Å². The Balaban J connectivity index is 1.38. The number of fused-ring (bicyclic) bond motifs is 1. The van der Waals surface area contributed by atoms with Crippen LogP contribution in [-0.2, 0) is 6.54 Å². The van der Waals surface area contributed by atoms with E-state index in [1.807, 2.05) is 12.1 Å². The van der Waals surface area contributed by atoms with Gasteiger partial charge in [-0.15, -0.1) is 14.8 Å². The molecule has 3 heterocycles. The van der Waals surface area contributed by atoms with Gasteiger partial charge in [0, 0.05) is 25.7 Å². The van der Waals surface area contributed by atoms with Crippen LogP contribution in [0.15, 0.2) is 42.5 Å². The minimum absolute atomic E-state index is 0.408. The molecular weight excluding hydrogens is 278 g/mol. The predicted octanol–water partition coefficient (Wildman–Crippen LogP) is 1.21. The lowest BCUT2D eigenvalue weighted by Gasteiger charge is -2.17. The number of aromatic nitrogens is 5. The van der Waals surface area contributed by atoms with E-state index in [0.29, 0.717) is 11.7 Å². The first kappa shape index (κ1) is 13.1. The molecule has 1 N–H and O–H groups in total. The first-order chi connectivity index (χ1) is 10.9. The Labute approximate surface area is 127 Å². The molecule has 3 aromatic rings. The number of rotatable bonds is 4. The molecule has 0 radical (unpaired) electrons. The summed E-state index contributed by atoms with van der Waals surface area (Å²) in [6.45, 7) is 3.11. The van der Waals surface area contributed by atoms with Crippen molar-refractivity contribution in [2.45, 2.75) is 19.0 Å². The van der Waals surface area contributed by atoms with Crippen molar-refractivity contribution in [3.63, 3.8) is 0 Å². The third kappa shape index (κ3) is 2.75. The minimum atomic E-state index is 0.408. The first-order valence-electron chi connectivity index (χ1n) is 7.45. The van der Waals surface area contributed by atoms with Gasteiger partial charge in [-0.25, -0.2) is 0 Å². The molecule has 1 saturated heterocycles. The Bertz CT molecular complexity index is 755. The summed E-state index contributed by atoms with van der Waals surface area (Å²) in [5.74, 6) is 0.811. The highest BCUT2D eigenvalue weighted by Crippen LogP contribution is 2.16. The van der Waals surface area contributed by atoms with Crippen LogP contribution in [0.1, 0.15) is 12.0 Å². The quantitative estimate of drug-likeness (QED) is 0.780. The van der Waals surface area contributed by atoms with Crippen molar-refractivity contribution >= 4 is 11.5 Å². The third-order valence-electron chi connectivity index (χ3n) is 3.94. The average Bonchev–Trinajstić information content (AvgIpc) is 3.17. The van der Waals surface area contributed by atoms with Crippen LogP contribution in [0.25, 0.3) is 5.65 Å². The lowest BCUT2D eigenvalue weighted by Crippen LogP contribution is -2.26.